The van der Waals surface area contributed by atoms with Crippen LogP contribution < -0.4 is 5.73 Å². The molecule has 1 rings (SSSR count). The van der Waals surface area contributed by atoms with Gasteiger partial charge in [0.25, 0.3) is 0 Å². The zero-order valence-corrected chi connectivity index (χ0v) is 10.7. The van der Waals surface area contributed by atoms with Gasteiger partial charge in [0.15, 0.2) is 0 Å². The minimum Gasteiger partial charge on any atom is -0.385 e. The van der Waals surface area contributed by atoms with Crippen molar-refractivity contribution in [2.24, 2.45) is 11.7 Å². The molecule has 1 aliphatic rings. The molecule has 4 heteroatoms. The number of nitrogens with two attached hydrogens (primary N) is 1. The van der Waals surface area contributed by atoms with Crippen LogP contribution in [0.5, 0.6) is 0 Å². The molecule has 1 saturated heterocycles. The molecule has 1 fully saturated rings. The van der Waals surface area contributed by atoms with Gasteiger partial charge in [0.2, 0.25) is 0 Å². The summed E-state index contributed by atoms with van der Waals surface area (Å²) >= 11 is 0. The van der Waals surface area contributed by atoms with Crippen molar-refractivity contribution in [3.8, 4) is 0 Å². The van der Waals surface area contributed by atoms with Crippen molar-refractivity contribution in [2.75, 3.05) is 46.6 Å². The average Bonchev–Trinajstić information content (AvgIpc) is 2.22. The molecule has 96 valence electrons. The number of rotatable bonds is 7. The third-order valence-corrected chi connectivity index (χ3v) is 2.96. The SMILES string of the molecule is COCCCOCCN1CC(C)CC(N)C1. The van der Waals surface area contributed by atoms with E-state index in [1.54, 1.807) is 7.11 Å². The van der Waals surface area contributed by atoms with Gasteiger partial charge in [0.1, 0.15) is 0 Å². The number of nitrogens with zero attached hydrogens (tertiary/aromatic N) is 1. The van der Waals surface area contributed by atoms with Gasteiger partial charge in [-0.1, -0.05) is 6.92 Å². The zero-order chi connectivity index (χ0) is 11.8. The minimum absolute atomic E-state index is 0.345. The van der Waals surface area contributed by atoms with E-state index in [9.17, 15) is 0 Å². The van der Waals surface area contributed by atoms with Crippen LogP contribution >= 0.6 is 0 Å². The van der Waals surface area contributed by atoms with Crippen molar-refractivity contribution < 1.29 is 9.47 Å². The lowest BCUT2D eigenvalue weighted by molar-refractivity contribution is 0.0694. The molecule has 0 aliphatic carbocycles. The van der Waals surface area contributed by atoms with Crippen LogP contribution in [0.3, 0.4) is 0 Å². The number of likely N-dealkylation sites (tertiary alicyclic amines) is 1. The first-order chi connectivity index (χ1) is 7.72. The molecule has 0 amide bonds. The maximum atomic E-state index is 5.99. The summed E-state index contributed by atoms with van der Waals surface area (Å²) in [5, 5.41) is 0. The fraction of sp³-hybridized carbons (Fsp3) is 1.00. The Bertz CT molecular complexity index is 168. The Kier molecular flexibility index (Phi) is 6.96. The van der Waals surface area contributed by atoms with Gasteiger partial charge >= 0.3 is 0 Å². The molecule has 0 aromatic carbocycles. The number of hydrogen-bond donors (Lipinski definition) is 1. The van der Waals surface area contributed by atoms with Gasteiger partial charge in [-0.2, -0.15) is 0 Å². The fourth-order valence-electron chi connectivity index (χ4n) is 2.30. The monoisotopic (exact) mass is 230 g/mol. The van der Waals surface area contributed by atoms with E-state index in [1.807, 2.05) is 0 Å². The molecule has 0 aromatic heterocycles. The summed E-state index contributed by atoms with van der Waals surface area (Å²) in [5.74, 6) is 0.720. The fourth-order valence-corrected chi connectivity index (χ4v) is 2.30. The predicted octanol–water partition coefficient (Wildman–Crippen LogP) is 0.709. The lowest BCUT2D eigenvalue weighted by Crippen LogP contribution is -2.47. The molecule has 16 heavy (non-hydrogen) atoms. The first-order valence-corrected chi connectivity index (χ1v) is 6.27. The van der Waals surface area contributed by atoms with E-state index in [4.69, 9.17) is 15.2 Å². The van der Waals surface area contributed by atoms with Gasteiger partial charge in [0, 0.05) is 46.0 Å². The summed E-state index contributed by atoms with van der Waals surface area (Å²) in [4.78, 5) is 2.41. The largest absolute Gasteiger partial charge is 0.385 e. The topological polar surface area (TPSA) is 47.7 Å². The standard InChI is InChI=1S/C12H26N2O2/c1-11-8-12(13)10-14(9-11)4-7-16-6-3-5-15-2/h11-12H,3-10,13H2,1-2H3. The van der Waals surface area contributed by atoms with E-state index < -0.39 is 0 Å². The molecule has 1 heterocycles. The van der Waals surface area contributed by atoms with E-state index in [1.165, 1.54) is 0 Å². The zero-order valence-electron chi connectivity index (χ0n) is 10.7. The van der Waals surface area contributed by atoms with Crippen molar-refractivity contribution >= 4 is 0 Å². The van der Waals surface area contributed by atoms with Crippen molar-refractivity contribution in [2.45, 2.75) is 25.8 Å². The molecule has 2 N–H and O–H groups in total. The summed E-state index contributed by atoms with van der Waals surface area (Å²) in [6, 6.07) is 0.345. The molecule has 2 atom stereocenters. The van der Waals surface area contributed by atoms with Crippen LogP contribution in [0.25, 0.3) is 0 Å². The van der Waals surface area contributed by atoms with Crippen molar-refractivity contribution in [1.82, 2.24) is 4.90 Å². The number of ether oxygens (including phenoxy) is 2. The molecule has 0 aromatic rings. The number of hydrogen-bond acceptors (Lipinski definition) is 4. The molecule has 2 unspecified atom stereocenters. The van der Waals surface area contributed by atoms with E-state index in [-0.39, 0.29) is 0 Å². The number of methoxy groups -OCH3 is 1. The van der Waals surface area contributed by atoms with Gasteiger partial charge in [-0.15, -0.1) is 0 Å². The van der Waals surface area contributed by atoms with Crippen LogP contribution in [-0.4, -0.2) is 57.5 Å². The van der Waals surface area contributed by atoms with Gasteiger partial charge in [-0.3, -0.25) is 4.90 Å². The maximum absolute atomic E-state index is 5.99. The van der Waals surface area contributed by atoms with Crippen molar-refractivity contribution in [1.29, 1.82) is 0 Å². The summed E-state index contributed by atoms with van der Waals surface area (Å²) in [6.07, 6.45) is 2.14. The van der Waals surface area contributed by atoms with Crippen LogP contribution in [0.2, 0.25) is 0 Å². The van der Waals surface area contributed by atoms with Crippen LogP contribution in [0, 0.1) is 5.92 Å². The molecule has 0 saturated carbocycles. The summed E-state index contributed by atoms with van der Waals surface area (Å²) in [6.45, 7) is 7.84. The maximum Gasteiger partial charge on any atom is 0.0593 e. The van der Waals surface area contributed by atoms with Crippen LogP contribution in [0.1, 0.15) is 19.8 Å². The second kappa shape index (κ2) is 8.01. The summed E-state index contributed by atoms with van der Waals surface area (Å²) in [5.41, 5.74) is 5.99. The molecule has 0 radical (unpaired) electrons. The second-order valence-electron chi connectivity index (χ2n) is 4.82. The van der Waals surface area contributed by atoms with Crippen molar-refractivity contribution in [3.63, 3.8) is 0 Å². The summed E-state index contributed by atoms with van der Waals surface area (Å²) < 4.78 is 10.5. The Morgan fingerprint density at radius 2 is 2.06 bits per heavy atom. The Balaban J connectivity index is 1.99. The summed E-state index contributed by atoms with van der Waals surface area (Å²) in [7, 11) is 1.72. The van der Waals surface area contributed by atoms with Crippen molar-refractivity contribution in [3.05, 3.63) is 0 Å². The highest BCUT2D eigenvalue weighted by Gasteiger charge is 2.21. The van der Waals surface area contributed by atoms with Gasteiger partial charge in [-0.05, 0) is 18.8 Å². The normalized spacial score (nSPS) is 27.2. The van der Waals surface area contributed by atoms with E-state index in [0.717, 1.165) is 58.2 Å². The first-order valence-electron chi connectivity index (χ1n) is 6.27. The quantitative estimate of drug-likeness (QED) is 0.654. The van der Waals surface area contributed by atoms with Crippen LogP contribution in [-0.2, 0) is 9.47 Å². The Morgan fingerprint density at radius 3 is 2.75 bits per heavy atom. The Hall–Kier alpha value is -0.160. The smallest absolute Gasteiger partial charge is 0.0593 e. The third-order valence-electron chi connectivity index (χ3n) is 2.96. The third kappa shape index (κ3) is 5.80. The highest BCUT2D eigenvalue weighted by Crippen LogP contribution is 2.14. The van der Waals surface area contributed by atoms with Crippen LogP contribution in [0.4, 0.5) is 0 Å². The molecule has 1 aliphatic heterocycles. The first kappa shape index (κ1) is 13.9. The van der Waals surface area contributed by atoms with E-state index in [2.05, 4.69) is 11.8 Å². The highest BCUT2D eigenvalue weighted by molar-refractivity contribution is 4.78. The highest BCUT2D eigenvalue weighted by atomic mass is 16.5. The molecule has 4 nitrogen and oxygen atoms in total. The Morgan fingerprint density at radius 1 is 1.25 bits per heavy atom. The Labute approximate surface area is 99.1 Å². The van der Waals surface area contributed by atoms with E-state index in [0.29, 0.717) is 6.04 Å². The van der Waals surface area contributed by atoms with Crippen LogP contribution in [0.15, 0.2) is 0 Å². The van der Waals surface area contributed by atoms with Gasteiger partial charge in [0.05, 0.1) is 6.61 Å². The van der Waals surface area contributed by atoms with Gasteiger partial charge < -0.3 is 15.2 Å². The average molecular weight is 230 g/mol. The minimum atomic E-state index is 0.345. The predicted molar refractivity (Wildman–Crippen MR) is 65.5 cm³/mol. The molecular weight excluding hydrogens is 204 g/mol. The molecule has 0 bridgehead atoms. The lowest BCUT2D eigenvalue weighted by Gasteiger charge is -2.34. The van der Waals surface area contributed by atoms with E-state index >= 15 is 0 Å². The lowest BCUT2D eigenvalue weighted by atomic mass is 9.97. The van der Waals surface area contributed by atoms with Gasteiger partial charge in [-0.25, -0.2) is 0 Å². The molecular formula is C12H26N2O2. The number of piperidine rings is 1. The second-order valence-corrected chi connectivity index (χ2v) is 4.82. The molecule has 0 spiro atoms.